The van der Waals surface area contributed by atoms with Gasteiger partial charge in [0.05, 0.1) is 11.4 Å². The molecule has 3 heteroatoms. The first-order chi connectivity index (χ1) is 19.8. The van der Waals surface area contributed by atoms with Crippen molar-refractivity contribution in [2.45, 2.75) is 0 Å². The van der Waals surface area contributed by atoms with E-state index in [0.29, 0.717) is 5.82 Å². The number of pyridine rings is 1. The highest BCUT2D eigenvalue weighted by Crippen LogP contribution is 2.40. The maximum Gasteiger partial charge on any atom is 0.160 e. The minimum absolute atomic E-state index is 0.684. The van der Waals surface area contributed by atoms with Gasteiger partial charge < -0.3 is 0 Å². The molecule has 0 atom stereocenters. The molecule has 0 saturated heterocycles. The molecule has 40 heavy (non-hydrogen) atoms. The molecule has 8 aromatic rings. The molecule has 0 bridgehead atoms. The number of fused-ring (bicyclic) bond motifs is 4. The smallest absolute Gasteiger partial charge is 0.160 e. The van der Waals surface area contributed by atoms with Crippen LogP contribution in [0.2, 0.25) is 0 Å². The van der Waals surface area contributed by atoms with E-state index < -0.39 is 0 Å². The van der Waals surface area contributed by atoms with Crippen LogP contribution in [-0.4, -0.2) is 15.0 Å². The third kappa shape index (κ3) is 3.63. The summed E-state index contributed by atoms with van der Waals surface area (Å²) >= 11 is 0. The number of hydrogen-bond donors (Lipinski definition) is 0. The molecule has 0 radical (unpaired) electrons. The normalized spacial score (nSPS) is 11.5. The maximum atomic E-state index is 5.22. The fraction of sp³-hybridized carbons (Fsp3) is 0. The molecule has 0 fully saturated rings. The number of aromatic nitrogens is 3. The summed E-state index contributed by atoms with van der Waals surface area (Å²) in [4.78, 5) is 14.7. The molecule has 0 aliphatic carbocycles. The maximum absolute atomic E-state index is 5.22. The van der Waals surface area contributed by atoms with Crippen molar-refractivity contribution in [1.82, 2.24) is 15.0 Å². The van der Waals surface area contributed by atoms with E-state index in [2.05, 4.69) is 120 Å². The SMILES string of the molecule is c1ccc2c(-c3cc(-c4c5ccccc5cc5ccccc45)nc(-c4ccncc4)n3)c3ccccc3cc2c1. The van der Waals surface area contributed by atoms with Gasteiger partial charge in [-0.15, -0.1) is 0 Å². The molecule has 3 nitrogen and oxygen atoms in total. The molecule has 6 aromatic carbocycles. The fourth-order valence-corrected chi connectivity index (χ4v) is 5.91. The Morgan fingerprint density at radius 2 is 0.750 bits per heavy atom. The standard InChI is InChI=1S/C37H23N3/c1-5-13-29-25(9-1)21-26-10-2-6-14-30(26)35(29)33-23-34(40-37(39-33)24-17-19-38-20-18-24)36-31-15-7-3-11-27(31)22-28-12-4-8-16-32(28)36/h1-23H. The lowest BCUT2D eigenvalue weighted by Crippen LogP contribution is -1.98. The van der Waals surface area contributed by atoms with Crippen LogP contribution >= 0.6 is 0 Å². The Morgan fingerprint density at radius 3 is 1.15 bits per heavy atom. The molecule has 0 N–H and O–H groups in total. The van der Waals surface area contributed by atoms with Gasteiger partial charge in [0.1, 0.15) is 0 Å². The van der Waals surface area contributed by atoms with Crippen LogP contribution in [0.25, 0.3) is 77.0 Å². The number of benzene rings is 6. The van der Waals surface area contributed by atoms with Gasteiger partial charge in [-0.25, -0.2) is 9.97 Å². The van der Waals surface area contributed by atoms with Gasteiger partial charge in [-0.1, -0.05) is 97.1 Å². The van der Waals surface area contributed by atoms with Crippen molar-refractivity contribution in [1.29, 1.82) is 0 Å². The zero-order valence-electron chi connectivity index (χ0n) is 21.6. The zero-order chi connectivity index (χ0) is 26.5. The zero-order valence-corrected chi connectivity index (χ0v) is 21.6. The van der Waals surface area contributed by atoms with Crippen LogP contribution in [0, 0.1) is 0 Å². The van der Waals surface area contributed by atoms with Crippen LogP contribution in [0.15, 0.2) is 140 Å². The number of hydrogen-bond acceptors (Lipinski definition) is 3. The van der Waals surface area contributed by atoms with E-state index in [0.717, 1.165) is 28.1 Å². The first-order valence-electron chi connectivity index (χ1n) is 13.4. The summed E-state index contributed by atoms with van der Waals surface area (Å²) in [6, 6.07) is 44.9. The van der Waals surface area contributed by atoms with Gasteiger partial charge in [0, 0.05) is 29.1 Å². The van der Waals surface area contributed by atoms with Crippen molar-refractivity contribution in [3.63, 3.8) is 0 Å². The predicted molar refractivity (Wildman–Crippen MR) is 166 cm³/mol. The summed E-state index contributed by atoms with van der Waals surface area (Å²) in [6.45, 7) is 0. The first-order valence-corrected chi connectivity index (χ1v) is 13.4. The van der Waals surface area contributed by atoms with Gasteiger partial charge in [-0.05, 0) is 73.4 Å². The quantitative estimate of drug-likeness (QED) is 0.223. The van der Waals surface area contributed by atoms with Crippen LogP contribution < -0.4 is 0 Å². The molecule has 0 aliphatic rings. The Bertz CT molecular complexity index is 1970. The average molecular weight is 510 g/mol. The lowest BCUT2D eigenvalue weighted by Gasteiger charge is -2.16. The Morgan fingerprint density at radius 1 is 0.375 bits per heavy atom. The predicted octanol–water partition coefficient (Wildman–Crippen LogP) is 9.49. The van der Waals surface area contributed by atoms with Crippen LogP contribution in [-0.2, 0) is 0 Å². The molecule has 2 heterocycles. The van der Waals surface area contributed by atoms with Gasteiger partial charge in [-0.2, -0.15) is 0 Å². The fourth-order valence-electron chi connectivity index (χ4n) is 5.91. The van der Waals surface area contributed by atoms with Crippen molar-refractivity contribution in [2.24, 2.45) is 0 Å². The van der Waals surface area contributed by atoms with Crippen molar-refractivity contribution < 1.29 is 0 Å². The van der Waals surface area contributed by atoms with Gasteiger partial charge in [0.25, 0.3) is 0 Å². The summed E-state index contributed by atoms with van der Waals surface area (Å²) in [5.41, 5.74) is 4.99. The molecule has 0 saturated carbocycles. The monoisotopic (exact) mass is 509 g/mol. The van der Waals surface area contributed by atoms with Crippen LogP contribution in [0.1, 0.15) is 0 Å². The minimum Gasteiger partial charge on any atom is -0.265 e. The number of rotatable bonds is 3. The Balaban J connectivity index is 1.53. The summed E-state index contributed by atoms with van der Waals surface area (Å²) < 4.78 is 0. The van der Waals surface area contributed by atoms with Crippen molar-refractivity contribution >= 4 is 43.1 Å². The second kappa shape index (κ2) is 9.11. The largest absolute Gasteiger partial charge is 0.265 e. The van der Waals surface area contributed by atoms with E-state index in [1.54, 1.807) is 12.4 Å². The summed E-state index contributed by atoms with van der Waals surface area (Å²) in [6.07, 6.45) is 3.59. The highest BCUT2D eigenvalue weighted by atomic mass is 14.9. The third-order valence-corrected chi connectivity index (χ3v) is 7.72. The highest BCUT2D eigenvalue weighted by Gasteiger charge is 2.18. The van der Waals surface area contributed by atoms with E-state index >= 15 is 0 Å². The molecular weight excluding hydrogens is 486 g/mol. The summed E-state index contributed by atoms with van der Waals surface area (Å²) in [5.74, 6) is 0.684. The van der Waals surface area contributed by atoms with Gasteiger partial charge in [0.15, 0.2) is 5.82 Å². The van der Waals surface area contributed by atoms with Gasteiger partial charge in [-0.3, -0.25) is 4.98 Å². The Labute approximate surface area is 231 Å². The van der Waals surface area contributed by atoms with E-state index in [9.17, 15) is 0 Å². The topological polar surface area (TPSA) is 38.7 Å². The van der Waals surface area contributed by atoms with Crippen molar-refractivity contribution in [2.75, 3.05) is 0 Å². The lowest BCUT2D eigenvalue weighted by molar-refractivity contribution is 1.18. The molecule has 8 rings (SSSR count). The van der Waals surface area contributed by atoms with Crippen LogP contribution in [0.4, 0.5) is 0 Å². The van der Waals surface area contributed by atoms with Crippen LogP contribution in [0.3, 0.4) is 0 Å². The first kappa shape index (κ1) is 22.6. The minimum atomic E-state index is 0.684. The van der Waals surface area contributed by atoms with Crippen LogP contribution in [0.5, 0.6) is 0 Å². The molecule has 0 unspecified atom stereocenters. The van der Waals surface area contributed by atoms with E-state index in [1.807, 2.05) is 12.1 Å². The summed E-state index contributed by atoms with van der Waals surface area (Å²) in [5, 5.41) is 9.47. The lowest BCUT2D eigenvalue weighted by atomic mass is 9.92. The molecule has 0 aliphatic heterocycles. The molecule has 186 valence electrons. The molecule has 0 spiro atoms. The Kier molecular flexibility index (Phi) is 5.14. The summed E-state index contributed by atoms with van der Waals surface area (Å²) in [7, 11) is 0. The average Bonchev–Trinajstić information content (AvgIpc) is 3.02. The van der Waals surface area contributed by atoms with Crippen molar-refractivity contribution in [3.8, 4) is 33.9 Å². The number of nitrogens with zero attached hydrogens (tertiary/aromatic N) is 3. The van der Waals surface area contributed by atoms with Gasteiger partial charge in [0.2, 0.25) is 0 Å². The second-order valence-corrected chi connectivity index (χ2v) is 10.1. The van der Waals surface area contributed by atoms with E-state index in [4.69, 9.17) is 9.97 Å². The molecular formula is C37H23N3. The second-order valence-electron chi connectivity index (χ2n) is 10.1. The third-order valence-electron chi connectivity index (χ3n) is 7.72. The highest BCUT2D eigenvalue weighted by molar-refractivity contribution is 6.14. The molecule has 0 amide bonds. The molecule has 2 aromatic heterocycles. The Hall–Kier alpha value is -5.41. The van der Waals surface area contributed by atoms with Gasteiger partial charge >= 0.3 is 0 Å². The van der Waals surface area contributed by atoms with E-state index in [1.165, 1.54) is 43.1 Å². The van der Waals surface area contributed by atoms with Crippen molar-refractivity contribution in [3.05, 3.63) is 140 Å². The van der Waals surface area contributed by atoms with E-state index in [-0.39, 0.29) is 0 Å².